The predicted molar refractivity (Wildman–Crippen MR) is 71.0 cm³/mol. The molecule has 2 atom stereocenters. The van der Waals surface area contributed by atoms with Gasteiger partial charge in [0.1, 0.15) is 0 Å². The van der Waals surface area contributed by atoms with Crippen molar-refractivity contribution in [1.82, 2.24) is 16.0 Å². The molecule has 0 unspecified atom stereocenters. The van der Waals surface area contributed by atoms with Gasteiger partial charge >= 0.3 is 0 Å². The minimum atomic E-state index is -0.00836. The molecule has 104 valence electrons. The largest absolute Gasteiger partial charge is 0.354 e. The van der Waals surface area contributed by atoms with Crippen LogP contribution in [-0.2, 0) is 9.59 Å². The molecule has 5 nitrogen and oxygen atoms in total. The molecule has 1 saturated heterocycles. The van der Waals surface area contributed by atoms with Gasteiger partial charge in [0.2, 0.25) is 11.8 Å². The highest BCUT2D eigenvalue weighted by Gasteiger charge is 2.24. The monoisotopic (exact) mass is 255 g/mol. The zero-order valence-corrected chi connectivity index (χ0v) is 11.6. The van der Waals surface area contributed by atoms with Crippen molar-refractivity contribution in [3.8, 4) is 0 Å². The highest BCUT2D eigenvalue weighted by molar-refractivity contribution is 5.79. The summed E-state index contributed by atoms with van der Waals surface area (Å²) in [6.45, 7) is 7.72. The molecule has 0 aromatic heterocycles. The first-order chi connectivity index (χ1) is 8.50. The Balaban J connectivity index is 2.15. The lowest BCUT2D eigenvalue weighted by molar-refractivity contribution is -0.127. The van der Waals surface area contributed by atoms with Crippen LogP contribution in [0.3, 0.4) is 0 Å². The van der Waals surface area contributed by atoms with Crippen LogP contribution in [-0.4, -0.2) is 37.5 Å². The summed E-state index contributed by atoms with van der Waals surface area (Å²) in [5, 5.41) is 8.99. The molecular formula is C13H25N3O2. The molecule has 1 heterocycles. The minimum absolute atomic E-state index is 0.00836. The maximum Gasteiger partial charge on any atom is 0.223 e. The van der Waals surface area contributed by atoms with E-state index in [1.54, 1.807) is 0 Å². The number of carbonyl (C=O) groups excluding carboxylic acids is 2. The van der Waals surface area contributed by atoms with Gasteiger partial charge in [-0.25, -0.2) is 0 Å². The van der Waals surface area contributed by atoms with Crippen molar-refractivity contribution >= 4 is 11.8 Å². The summed E-state index contributed by atoms with van der Waals surface area (Å²) in [6.07, 6.45) is 1.79. The van der Waals surface area contributed by atoms with E-state index in [0.717, 1.165) is 19.4 Å². The molecule has 0 bridgehead atoms. The lowest BCUT2D eigenvalue weighted by Gasteiger charge is -2.27. The Labute approximate surface area is 109 Å². The highest BCUT2D eigenvalue weighted by atomic mass is 16.2. The maximum atomic E-state index is 11.9. The molecule has 18 heavy (non-hydrogen) atoms. The predicted octanol–water partition coefficient (Wildman–Crippen LogP) is 0.263. The fraction of sp³-hybridized carbons (Fsp3) is 0.846. The zero-order valence-electron chi connectivity index (χ0n) is 11.6. The van der Waals surface area contributed by atoms with E-state index in [9.17, 15) is 9.59 Å². The summed E-state index contributed by atoms with van der Waals surface area (Å²) in [5.41, 5.74) is 0. The Bertz CT molecular complexity index is 292. The lowest BCUT2D eigenvalue weighted by Crippen LogP contribution is -2.44. The van der Waals surface area contributed by atoms with Gasteiger partial charge in [0.05, 0.1) is 0 Å². The van der Waals surface area contributed by atoms with Gasteiger partial charge in [0, 0.05) is 31.0 Å². The molecule has 1 rings (SSSR count). The maximum absolute atomic E-state index is 11.9. The molecule has 3 N–H and O–H groups in total. The van der Waals surface area contributed by atoms with Crippen molar-refractivity contribution in [1.29, 1.82) is 0 Å². The van der Waals surface area contributed by atoms with Crippen LogP contribution in [0.15, 0.2) is 0 Å². The zero-order chi connectivity index (χ0) is 13.5. The van der Waals surface area contributed by atoms with E-state index >= 15 is 0 Å². The van der Waals surface area contributed by atoms with E-state index in [4.69, 9.17) is 0 Å². The van der Waals surface area contributed by atoms with Gasteiger partial charge in [0.25, 0.3) is 0 Å². The number of amides is 2. The smallest absolute Gasteiger partial charge is 0.223 e. The second kappa shape index (κ2) is 7.36. The molecule has 0 spiro atoms. The Morgan fingerprint density at radius 3 is 2.56 bits per heavy atom. The van der Waals surface area contributed by atoms with Gasteiger partial charge in [-0.15, -0.1) is 0 Å². The van der Waals surface area contributed by atoms with Crippen LogP contribution in [0.2, 0.25) is 0 Å². The van der Waals surface area contributed by atoms with E-state index in [1.807, 2.05) is 13.8 Å². The van der Waals surface area contributed by atoms with Crippen molar-refractivity contribution in [2.45, 2.75) is 39.7 Å². The van der Waals surface area contributed by atoms with Gasteiger partial charge in [-0.1, -0.05) is 13.8 Å². The summed E-state index contributed by atoms with van der Waals surface area (Å²) < 4.78 is 0. The third-order valence-electron chi connectivity index (χ3n) is 3.24. The Kier molecular flexibility index (Phi) is 6.12. The average Bonchev–Trinajstić information content (AvgIpc) is 2.33. The van der Waals surface area contributed by atoms with Crippen LogP contribution in [0, 0.1) is 11.8 Å². The van der Waals surface area contributed by atoms with Crippen molar-refractivity contribution in [2.24, 2.45) is 11.8 Å². The second-order valence-electron chi connectivity index (χ2n) is 5.31. The molecule has 0 aromatic carbocycles. The number of carbonyl (C=O) groups is 2. The van der Waals surface area contributed by atoms with Crippen LogP contribution >= 0.6 is 0 Å². The normalized spacial score (nSPS) is 23.8. The van der Waals surface area contributed by atoms with Crippen molar-refractivity contribution < 1.29 is 9.59 Å². The summed E-state index contributed by atoms with van der Waals surface area (Å²) in [6, 6.07) is 0.412. The fourth-order valence-corrected chi connectivity index (χ4v) is 2.09. The number of hydrogen-bond donors (Lipinski definition) is 3. The molecule has 0 aromatic rings. The van der Waals surface area contributed by atoms with Gasteiger partial charge in [-0.3, -0.25) is 9.59 Å². The summed E-state index contributed by atoms with van der Waals surface area (Å²) >= 11 is 0. The standard InChI is InChI=1S/C13H25N3O2/c1-9(2)12(17)15-6-7-16-13(18)11-4-5-14-10(3)8-11/h9-11,14H,4-8H2,1-3H3,(H,15,17)(H,16,18)/t10-,11-/m0/s1. The Hall–Kier alpha value is -1.10. The van der Waals surface area contributed by atoms with Crippen LogP contribution in [0.5, 0.6) is 0 Å². The molecule has 1 aliphatic rings. The topological polar surface area (TPSA) is 70.2 Å². The fourth-order valence-electron chi connectivity index (χ4n) is 2.09. The Morgan fingerprint density at radius 2 is 1.94 bits per heavy atom. The van der Waals surface area contributed by atoms with E-state index in [-0.39, 0.29) is 23.7 Å². The molecule has 0 aliphatic carbocycles. The molecule has 2 amide bonds. The van der Waals surface area contributed by atoms with E-state index in [0.29, 0.717) is 19.1 Å². The number of nitrogens with one attached hydrogen (secondary N) is 3. The van der Waals surface area contributed by atoms with Gasteiger partial charge in [0.15, 0.2) is 0 Å². The first-order valence-corrected chi connectivity index (χ1v) is 6.79. The summed E-state index contributed by atoms with van der Waals surface area (Å²) in [7, 11) is 0. The molecule has 0 saturated carbocycles. The third-order valence-corrected chi connectivity index (χ3v) is 3.24. The quantitative estimate of drug-likeness (QED) is 0.617. The lowest BCUT2D eigenvalue weighted by atomic mass is 9.92. The van der Waals surface area contributed by atoms with Gasteiger partial charge in [-0.05, 0) is 26.3 Å². The highest BCUT2D eigenvalue weighted by Crippen LogP contribution is 2.15. The average molecular weight is 255 g/mol. The third kappa shape index (κ3) is 5.04. The number of piperidine rings is 1. The van der Waals surface area contributed by atoms with Gasteiger partial charge in [-0.2, -0.15) is 0 Å². The molecule has 0 radical (unpaired) electrons. The van der Waals surface area contributed by atoms with Crippen molar-refractivity contribution in [2.75, 3.05) is 19.6 Å². The first-order valence-electron chi connectivity index (χ1n) is 6.79. The van der Waals surface area contributed by atoms with Crippen LogP contribution in [0.4, 0.5) is 0 Å². The van der Waals surface area contributed by atoms with Crippen molar-refractivity contribution in [3.05, 3.63) is 0 Å². The van der Waals surface area contributed by atoms with E-state index < -0.39 is 0 Å². The van der Waals surface area contributed by atoms with E-state index in [1.165, 1.54) is 0 Å². The first kappa shape index (κ1) is 15.0. The number of hydrogen-bond acceptors (Lipinski definition) is 3. The van der Waals surface area contributed by atoms with Crippen LogP contribution in [0.1, 0.15) is 33.6 Å². The molecule has 1 fully saturated rings. The molecule has 5 heteroatoms. The minimum Gasteiger partial charge on any atom is -0.354 e. The molecule has 1 aliphatic heterocycles. The van der Waals surface area contributed by atoms with Crippen molar-refractivity contribution in [3.63, 3.8) is 0 Å². The SMILES string of the molecule is CC(C)C(=O)NCCNC(=O)[C@H]1CCN[C@@H](C)C1. The summed E-state index contributed by atoms with van der Waals surface area (Å²) in [5.74, 6) is 0.245. The van der Waals surface area contributed by atoms with Crippen LogP contribution < -0.4 is 16.0 Å². The summed E-state index contributed by atoms with van der Waals surface area (Å²) in [4.78, 5) is 23.2. The van der Waals surface area contributed by atoms with Crippen LogP contribution in [0.25, 0.3) is 0 Å². The number of rotatable bonds is 5. The molecular weight excluding hydrogens is 230 g/mol. The Morgan fingerprint density at radius 1 is 1.28 bits per heavy atom. The van der Waals surface area contributed by atoms with Gasteiger partial charge < -0.3 is 16.0 Å². The van der Waals surface area contributed by atoms with E-state index in [2.05, 4.69) is 22.9 Å². The second-order valence-corrected chi connectivity index (χ2v) is 5.31.